The summed E-state index contributed by atoms with van der Waals surface area (Å²) in [4.78, 5) is 33.5. The quantitative estimate of drug-likeness (QED) is 0.450. The topological polar surface area (TPSA) is 77.3 Å². The number of hydrogen-bond donors (Lipinski definition) is 0. The molecule has 0 aliphatic carbocycles. The van der Waals surface area contributed by atoms with Gasteiger partial charge in [0.25, 0.3) is 0 Å². The molecule has 1 aromatic heterocycles. The molecule has 1 aromatic carbocycles. The Kier molecular flexibility index (Phi) is 7.10. The number of allylic oxidation sites excluding steroid dienone is 3. The van der Waals surface area contributed by atoms with Crippen LogP contribution in [0.4, 0.5) is 23.5 Å². The first-order valence-electron chi connectivity index (χ1n) is 10.5. The number of hydrogen-bond acceptors (Lipinski definition) is 7. The van der Waals surface area contributed by atoms with Gasteiger partial charge >= 0.3 is 17.8 Å². The Morgan fingerprint density at radius 2 is 1.97 bits per heavy atom. The molecule has 3 heterocycles. The van der Waals surface area contributed by atoms with Crippen molar-refractivity contribution < 1.29 is 27.1 Å². The van der Waals surface area contributed by atoms with Gasteiger partial charge in [-0.25, -0.2) is 14.2 Å². The molecule has 0 spiro atoms. The number of ether oxygens (including phenoxy) is 1. The summed E-state index contributed by atoms with van der Waals surface area (Å²) in [5, 5.41) is 0. The third-order valence-corrected chi connectivity index (χ3v) is 6.52. The molecule has 0 saturated carbocycles. The van der Waals surface area contributed by atoms with E-state index in [1.165, 1.54) is 36.0 Å². The van der Waals surface area contributed by atoms with E-state index in [0.717, 1.165) is 6.08 Å². The summed E-state index contributed by atoms with van der Waals surface area (Å²) in [6.45, 7) is 1.85. The second-order valence-corrected chi connectivity index (χ2v) is 8.90. The zero-order valence-electron chi connectivity index (χ0n) is 18.5. The van der Waals surface area contributed by atoms with Crippen molar-refractivity contribution in [2.75, 3.05) is 23.7 Å². The van der Waals surface area contributed by atoms with Crippen molar-refractivity contribution in [1.29, 1.82) is 0 Å². The number of halogens is 4. The van der Waals surface area contributed by atoms with Crippen LogP contribution in [-0.4, -0.2) is 51.6 Å². The van der Waals surface area contributed by atoms with E-state index in [4.69, 9.17) is 4.74 Å². The lowest BCUT2D eigenvalue weighted by Gasteiger charge is -2.32. The number of aromatic nitrogens is 3. The standard InChI is InChI=1S/C23H20F4N4O3S/c1-14(32)34-19-11-30(9-8-18(19)16-3-5-17(24)6-4-16)21-28-13-31(22(33)29-21)10-15-2-7-20(35-12-15)23(25,26)27/h2-8,13,19H,9-12H2,1H3. The Hall–Kier alpha value is -3.41. The van der Waals surface area contributed by atoms with Crippen LogP contribution in [0.15, 0.2) is 64.1 Å². The fraction of sp³-hybridized carbons (Fsp3) is 0.304. The number of esters is 1. The van der Waals surface area contributed by atoms with Crippen molar-refractivity contribution in [1.82, 2.24) is 14.5 Å². The largest absolute Gasteiger partial charge is 0.456 e. The normalized spacial score (nSPS) is 18.5. The summed E-state index contributed by atoms with van der Waals surface area (Å²) >= 11 is 0.668. The summed E-state index contributed by atoms with van der Waals surface area (Å²) < 4.78 is 58.3. The van der Waals surface area contributed by atoms with Crippen LogP contribution in [0.25, 0.3) is 5.57 Å². The molecule has 2 aromatic rings. The van der Waals surface area contributed by atoms with E-state index in [9.17, 15) is 27.2 Å². The average molecular weight is 508 g/mol. The summed E-state index contributed by atoms with van der Waals surface area (Å²) in [6.07, 6.45) is 0.370. The van der Waals surface area contributed by atoms with Gasteiger partial charge in [-0.3, -0.25) is 9.36 Å². The fourth-order valence-corrected chi connectivity index (χ4v) is 4.54. The molecule has 4 rings (SSSR count). The van der Waals surface area contributed by atoms with Gasteiger partial charge in [0.05, 0.1) is 18.0 Å². The van der Waals surface area contributed by atoms with Gasteiger partial charge in [0.2, 0.25) is 5.95 Å². The maximum absolute atomic E-state index is 13.3. The van der Waals surface area contributed by atoms with Crippen LogP contribution >= 0.6 is 11.8 Å². The zero-order valence-corrected chi connectivity index (χ0v) is 19.3. The minimum atomic E-state index is -4.39. The molecule has 7 nitrogen and oxygen atoms in total. The van der Waals surface area contributed by atoms with Crippen molar-refractivity contribution in [3.63, 3.8) is 0 Å². The number of thioether (sulfide) groups is 1. The minimum absolute atomic E-state index is 0.0679. The molecule has 1 atom stereocenters. The van der Waals surface area contributed by atoms with Crippen LogP contribution in [0.2, 0.25) is 0 Å². The molecular weight excluding hydrogens is 488 g/mol. The smallest absolute Gasteiger partial charge is 0.422 e. The van der Waals surface area contributed by atoms with Crippen LogP contribution in [0.3, 0.4) is 0 Å². The van der Waals surface area contributed by atoms with E-state index in [2.05, 4.69) is 9.97 Å². The second-order valence-electron chi connectivity index (χ2n) is 7.88. The first-order valence-corrected chi connectivity index (χ1v) is 11.5. The summed E-state index contributed by atoms with van der Waals surface area (Å²) in [6, 6.07) is 5.82. The molecule has 1 unspecified atom stereocenters. The lowest BCUT2D eigenvalue weighted by Crippen LogP contribution is -2.41. The summed E-state index contributed by atoms with van der Waals surface area (Å²) in [5.74, 6) is -0.650. The number of carbonyl (C=O) groups excluding carboxylic acids is 1. The van der Waals surface area contributed by atoms with Crippen LogP contribution < -0.4 is 10.6 Å². The van der Waals surface area contributed by atoms with Crippen molar-refractivity contribution in [3.05, 3.63) is 81.2 Å². The number of carbonyl (C=O) groups is 1. The lowest BCUT2D eigenvalue weighted by molar-refractivity contribution is -0.143. The molecule has 0 fully saturated rings. The zero-order chi connectivity index (χ0) is 25.2. The van der Waals surface area contributed by atoms with Crippen LogP contribution in [0, 0.1) is 5.82 Å². The Balaban J connectivity index is 1.51. The highest BCUT2D eigenvalue weighted by Crippen LogP contribution is 2.37. The highest BCUT2D eigenvalue weighted by atomic mass is 32.2. The molecule has 12 heteroatoms. The maximum Gasteiger partial charge on any atom is 0.422 e. The summed E-state index contributed by atoms with van der Waals surface area (Å²) in [5.41, 5.74) is 1.43. The number of nitrogens with zero attached hydrogens (tertiary/aromatic N) is 4. The molecule has 0 bridgehead atoms. The Labute approximate surface area is 201 Å². The predicted molar refractivity (Wildman–Crippen MR) is 123 cm³/mol. The van der Waals surface area contributed by atoms with Gasteiger partial charge in [0.1, 0.15) is 18.2 Å². The minimum Gasteiger partial charge on any atom is -0.456 e. The van der Waals surface area contributed by atoms with Gasteiger partial charge in [-0.1, -0.05) is 24.3 Å². The van der Waals surface area contributed by atoms with Crippen molar-refractivity contribution >= 4 is 29.3 Å². The van der Waals surface area contributed by atoms with Gasteiger partial charge in [0, 0.05) is 19.2 Å². The first-order chi connectivity index (χ1) is 16.6. The average Bonchev–Trinajstić information content (AvgIpc) is 2.80. The maximum atomic E-state index is 13.3. The molecule has 0 radical (unpaired) electrons. The Morgan fingerprint density at radius 1 is 1.23 bits per heavy atom. The van der Waals surface area contributed by atoms with Gasteiger partial charge in [-0.05, 0) is 34.9 Å². The summed E-state index contributed by atoms with van der Waals surface area (Å²) in [7, 11) is 0. The fourth-order valence-electron chi connectivity index (χ4n) is 3.69. The molecule has 184 valence electrons. The molecule has 0 N–H and O–H groups in total. The molecule has 0 amide bonds. The van der Waals surface area contributed by atoms with Gasteiger partial charge in [-0.15, -0.1) is 11.8 Å². The third-order valence-electron chi connectivity index (χ3n) is 5.32. The predicted octanol–water partition coefficient (Wildman–Crippen LogP) is 3.73. The van der Waals surface area contributed by atoms with E-state index in [-0.39, 0.29) is 30.6 Å². The third kappa shape index (κ3) is 5.99. The number of alkyl halides is 3. The molecule has 2 aliphatic heterocycles. The lowest BCUT2D eigenvalue weighted by atomic mass is 9.97. The Bertz CT molecular complexity index is 1270. The highest BCUT2D eigenvalue weighted by molar-refractivity contribution is 8.03. The van der Waals surface area contributed by atoms with E-state index in [0.29, 0.717) is 35.0 Å². The van der Waals surface area contributed by atoms with E-state index >= 15 is 0 Å². The van der Waals surface area contributed by atoms with Gasteiger partial charge in [-0.2, -0.15) is 18.2 Å². The second kappa shape index (κ2) is 10.1. The van der Waals surface area contributed by atoms with Crippen molar-refractivity contribution in [3.8, 4) is 0 Å². The first kappa shape index (κ1) is 24.7. The molecule has 0 saturated heterocycles. The van der Waals surface area contributed by atoms with Crippen LogP contribution in [0.5, 0.6) is 0 Å². The van der Waals surface area contributed by atoms with Crippen LogP contribution in [-0.2, 0) is 16.1 Å². The molecular formula is C23H20F4N4O3S. The van der Waals surface area contributed by atoms with Crippen molar-refractivity contribution in [2.45, 2.75) is 25.7 Å². The van der Waals surface area contributed by atoms with Crippen molar-refractivity contribution in [2.24, 2.45) is 0 Å². The monoisotopic (exact) mass is 508 g/mol. The number of rotatable bonds is 5. The SMILES string of the molecule is CC(=O)OC1CN(c2ncn(CC3=CC=C(C(F)(F)F)SC3)c(=O)n2)CC=C1c1ccc(F)cc1. The van der Waals surface area contributed by atoms with E-state index < -0.39 is 28.8 Å². The number of anilines is 1. The van der Waals surface area contributed by atoms with Gasteiger partial charge in [0.15, 0.2) is 0 Å². The highest BCUT2D eigenvalue weighted by Gasteiger charge is 2.35. The molecule has 2 aliphatic rings. The number of benzene rings is 1. The van der Waals surface area contributed by atoms with Gasteiger partial charge < -0.3 is 9.64 Å². The van der Waals surface area contributed by atoms with Crippen LogP contribution in [0.1, 0.15) is 12.5 Å². The van der Waals surface area contributed by atoms with E-state index in [1.54, 1.807) is 23.1 Å². The Morgan fingerprint density at radius 3 is 2.57 bits per heavy atom. The van der Waals surface area contributed by atoms with E-state index in [1.807, 2.05) is 0 Å². The molecule has 35 heavy (non-hydrogen) atoms.